The third-order valence-corrected chi connectivity index (χ3v) is 5.10. The van der Waals surface area contributed by atoms with Gasteiger partial charge in [0.2, 0.25) is 0 Å². The van der Waals surface area contributed by atoms with E-state index in [1.165, 1.54) is 0 Å². The standard InChI is InChI=1S/C27H29N3O4/c1-19(2)25(29-26(31)22-7-5-4-6-8-22)27(32)30-28-17-20-9-15-24(16-10-20)34-18-21-11-13-23(33-3)14-12-21/h4-17,19,25H,18H2,1-3H3,(H,29,31)(H,30,32). The Morgan fingerprint density at radius 1 is 0.912 bits per heavy atom. The number of hydrazone groups is 1. The highest BCUT2D eigenvalue weighted by Gasteiger charge is 2.24. The summed E-state index contributed by atoms with van der Waals surface area (Å²) in [4.78, 5) is 25.0. The minimum absolute atomic E-state index is 0.106. The zero-order valence-electron chi connectivity index (χ0n) is 19.5. The van der Waals surface area contributed by atoms with Crippen LogP contribution in [0.2, 0.25) is 0 Å². The average molecular weight is 460 g/mol. The molecule has 0 aliphatic heterocycles. The molecular weight excluding hydrogens is 430 g/mol. The van der Waals surface area contributed by atoms with E-state index in [-0.39, 0.29) is 17.7 Å². The van der Waals surface area contributed by atoms with Gasteiger partial charge in [-0.15, -0.1) is 0 Å². The summed E-state index contributed by atoms with van der Waals surface area (Å²) in [5.41, 5.74) is 4.85. The fraction of sp³-hybridized carbons (Fsp3) is 0.222. The number of nitrogens with zero attached hydrogens (tertiary/aromatic N) is 1. The van der Waals surface area contributed by atoms with E-state index in [9.17, 15) is 9.59 Å². The summed E-state index contributed by atoms with van der Waals surface area (Å²) in [5.74, 6) is 0.738. The van der Waals surface area contributed by atoms with Crippen LogP contribution in [0.25, 0.3) is 0 Å². The molecule has 1 unspecified atom stereocenters. The first-order chi connectivity index (χ1) is 16.5. The van der Waals surface area contributed by atoms with Gasteiger partial charge in [-0.2, -0.15) is 5.10 Å². The molecular formula is C27H29N3O4. The number of amides is 2. The summed E-state index contributed by atoms with van der Waals surface area (Å²) in [5, 5.41) is 6.81. The minimum atomic E-state index is -0.710. The van der Waals surface area contributed by atoms with Crippen molar-refractivity contribution in [2.24, 2.45) is 11.0 Å². The molecule has 0 spiro atoms. The van der Waals surface area contributed by atoms with Crippen molar-refractivity contribution in [2.45, 2.75) is 26.5 Å². The van der Waals surface area contributed by atoms with E-state index in [0.29, 0.717) is 12.2 Å². The van der Waals surface area contributed by atoms with Gasteiger partial charge in [0.1, 0.15) is 24.1 Å². The van der Waals surface area contributed by atoms with Crippen LogP contribution in [0.4, 0.5) is 0 Å². The summed E-state index contributed by atoms with van der Waals surface area (Å²) < 4.78 is 11.0. The van der Waals surface area contributed by atoms with Crippen molar-refractivity contribution in [3.8, 4) is 11.5 Å². The normalized spacial score (nSPS) is 11.8. The Kier molecular flexibility index (Phi) is 8.80. The highest BCUT2D eigenvalue weighted by molar-refractivity contribution is 5.97. The number of carbonyl (C=O) groups is 2. The molecule has 3 rings (SSSR count). The molecule has 0 aliphatic carbocycles. The summed E-state index contributed by atoms with van der Waals surface area (Å²) in [6, 6.07) is 23.1. The van der Waals surface area contributed by atoms with Gasteiger partial charge in [0.15, 0.2) is 0 Å². The van der Waals surface area contributed by atoms with Crippen LogP contribution in [-0.4, -0.2) is 31.2 Å². The zero-order valence-corrected chi connectivity index (χ0v) is 19.5. The topological polar surface area (TPSA) is 89.0 Å². The van der Waals surface area contributed by atoms with Crippen LogP contribution in [0.5, 0.6) is 11.5 Å². The van der Waals surface area contributed by atoms with Crippen molar-refractivity contribution < 1.29 is 19.1 Å². The molecule has 0 heterocycles. The zero-order chi connectivity index (χ0) is 24.3. The maximum Gasteiger partial charge on any atom is 0.262 e. The van der Waals surface area contributed by atoms with Gasteiger partial charge in [0.25, 0.3) is 11.8 Å². The Morgan fingerprint density at radius 2 is 1.56 bits per heavy atom. The van der Waals surface area contributed by atoms with Crippen LogP contribution in [0.1, 0.15) is 35.3 Å². The van der Waals surface area contributed by atoms with E-state index in [1.807, 2.05) is 68.4 Å². The first-order valence-corrected chi connectivity index (χ1v) is 11.0. The number of hydrogen-bond acceptors (Lipinski definition) is 5. The van der Waals surface area contributed by atoms with Crippen LogP contribution in [0.3, 0.4) is 0 Å². The first kappa shape index (κ1) is 24.5. The van der Waals surface area contributed by atoms with Crippen molar-refractivity contribution in [3.05, 3.63) is 95.6 Å². The summed E-state index contributed by atoms with van der Waals surface area (Å²) in [6.07, 6.45) is 1.54. The Labute approximate surface area is 199 Å². The molecule has 2 N–H and O–H groups in total. The molecule has 0 aliphatic rings. The van der Waals surface area contributed by atoms with Crippen molar-refractivity contribution in [2.75, 3.05) is 7.11 Å². The SMILES string of the molecule is COc1ccc(COc2ccc(C=NNC(=O)C(NC(=O)c3ccccc3)C(C)C)cc2)cc1. The number of benzene rings is 3. The van der Waals surface area contributed by atoms with Crippen molar-refractivity contribution in [1.29, 1.82) is 0 Å². The molecule has 0 fully saturated rings. The lowest BCUT2D eigenvalue weighted by molar-refractivity contribution is -0.123. The lowest BCUT2D eigenvalue weighted by atomic mass is 10.0. The molecule has 7 heteroatoms. The molecule has 1 atom stereocenters. The smallest absolute Gasteiger partial charge is 0.262 e. The molecule has 2 amide bonds. The van der Waals surface area contributed by atoms with E-state index < -0.39 is 6.04 Å². The van der Waals surface area contributed by atoms with Crippen LogP contribution < -0.4 is 20.2 Å². The van der Waals surface area contributed by atoms with Crippen LogP contribution in [0, 0.1) is 5.92 Å². The Morgan fingerprint density at radius 3 is 2.18 bits per heavy atom. The second kappa shape index (κ2) is 12.2. The average Bonchev–Trinajstić information content (AvgIpc) is 2.87. The molecule has 0 bridgehead atoms. The van der Waals surface area contributed by atoms with E-state index >= 15 is 0 Å². The largest absolute Gasteiger partial charge is 0.497 e. The van der Waals surface area contributed by atoms with Gasteiger partial charge < -0.3 is 14.8 Å². The summed E-state index contributed by atoms with van der Waals surface area (Å²) in [6.45, 7) is 4.17. The van der Waals surface area contributed by atoms with Gasteiger partial charge in [-0.3, -0.25) is 9.59 Å². The number of nitrogens with one attached hydrogen (secondary N) is 2. The first-order valence-electron chi connectivity index (χ1n) is 11.0. The van der Waals surface area contributed by atoms with Crippen LogP contribution in [0.15, 0.2) is 84.0 Å². The maximum atomic E-state index is 12.6. The molecule has 176 valence electrons. The lowest BCUT2D eigenvalue weighted by Gasteiger charge is -2.20. The molecule has 3 aromatic rings. The van der Waals surface area contributed by atoms with Gasteiger partial charge in [-0.05, 0) is 65.6 Å². The second-order valence-corrected chi connectivity index (χ2v) is 8.00. The molecule has 0 saturated carbocycles. The quantitative estimate of drug-likeness (QED) is 0.352. The monoisotopic (exact) mass is 459 g/mol. The second-order valence-electron chi connectivity index (χ2n) is 8.00. The Hall–Kier alpha value is -4.13. The van der Waals surface area contributed by atoms with E-state index in [0.717, 1.165) is 22.6 Å². The van der Waals surface area contributed by atoms with E-state index in [2.05, 4.69) is 15.8 Å². The van der Waals surface area contributed by atoms with Gasteiger partial charge >= 0.3 is 0 Å². The molecule has 7 nitrogen and oxygen atoms in total. The fourth-order valence-corrected chi connectivity index (χ4v) is 3.13. The molecule has 34 heavy (non-hydrogen) atoms. The number of methoxy groups -OCH3 is 1. The van der Waals surface area contributed by atoms with Gasteiger partial charge in [0, 0.05) is 5.56 Å². The van der Waals surface area contributed by atoms with Crippen LogP contribution in [-0.2, 0) is 11.4 Å². The van der Waals surface area contributed by atoms with Gasteiger partial charge in [0.05, 0.1) is 13.3 Å². The molecule has 0 radical (unpaired) electrons. The lowest BCUT2D eigenvalue weighted by Crippen LogP contribution is -2.48. The Bertz CT molecular complexity index is 1090. The van der Waals surface area contributed by atoms with Crippen molar-refractivity contribution in [1.82, 2.24) is 10.7 Å². The predicted molar refractivity (Wildman–Crippen MR) is 132 cm³/mol. The van der Waals surface area contributed by atoms with Crippen LogP contribution >= 0.6 is 0 Å². The van der Waals surface area contributed by atoms with Gasteiger partial charge in [-0.1, -0.05) is 44.2 Å². The third-order valence-electron chi connectivity index (χ3n) is 5.10. The van der Waals surface area contributed by atoms with Crippen molar-refractivity contribution >= 4 is 18.0 Å². The number of ether oxygens (including phenoxy) is 2. The predicted octanol–water partition coefficient (Wildman–Crippen LogP) is 4.18. The molecule has 0 saturated heterocycles. The maximum absolute atomic E-state index is 12.6. The number of rotatable bonds is 10. The molecule has 3 aromatic carbocycles. The number of carbonyl (C=O) groups excluding carboxylic acids is 2. The van der Waals surface area contributed by atoms with Gasteiger partial charge in [-0.25, -0.2) is 5.43 Å². The highest BCUT2D eigenvalue weighted by atomic mass is 16.5. The highest BCUT2D eigenvalue weighted by Crippen LogP contribution is 2.16. The third kappa shape index (κ3) is 7.20. The Balaban J connectivity index is 1.50. The molecule has 0 aromatic heterocycles. The minimum Gasteiger partial charge on any atom is -0.497 e. The summed E-state index contributed by atoms with van der Waals surface area (Å²) >= 11 is 0. The summed E-state index contributed by atoms with van der Waals surface area (Å²) in [7, 11) is 1.63. The van der Waals surface area contributed by atoms with E-state index in [1.54, 1.807) is 37.6 Å². The fourth-order valence-electron chi connectivity index (χ4n) is 3.13. The van der Waals surface area contributed by atoms with Crippen molar-refractivity contribution in [3.63, 3.8) is 0 Å². The van der Waals surface area contributed by atoms with E-state index in [4.69, 9.17) is 9.47 Å². The number of hydrogen-bond donors (Lipinski definition) is 2.